The van der Waals surface area contributed by atoms with Gasteiger partial charge in [0.2, 0.25) is 0 Å². The number of nitrogens with one attached hydrogen (secondary N) is 1. The van der Waals surface area contributed by atoms with Gasteiger partial charge in [0, 0.05) is 7.05 Å². The molecule has 1 N–H and O–H groups in total. The Morgan fingerprint density at radius 3 is 2.40 bits per heavy atom. The number of carbonyl (C=O) groups is 1. The molecule has 25 heavy (non-hydrogen) atoms. The summed E-state index contributed by atoms with van der Waals surface area (Å²) in [5.41, 5.74) is 0.476. The van der Waals surface area contributed by atoms with Gasteiger partial charge in [-0.2, -0.15) is 5.10 Å². The number of hydrogen-bond acceptors (Lipinski definition) is 6. The zero-order chi connectivity index (χ0) is 18.6. The lowest BCUT2D eigenvalue weighted by Gasteiger charge is -2.11. The number of aryl methyl sites for hydroxylation is 2. The minimum Gasteiger partial charge on any atom is -0.494 e. The number of benzene rings is 1. The second-order valence-electron chi connectivity index (χ2n) is 5.16. The molecule has 1 heterocycles. The minimum absolute atomic E-state index is 0.0459. The molecule has 0 saturated heterocycles. The third-order valence-electron chi connectivity index (χ3n) is 3.38. The summed E-state index contributed by atoms with van der Waals surface area (Å²) in [4.78, 5) is 12.2. The minimum atomic E-state index is -3.90. The Bertz CT molecular complexity index is 857. The van der Waals surface area contributed by atoms with Crippen molar-refractivity contribution in [1.29, 1.82) is 0 Å². The number of esters is 1. The molecular formula is C16H21N3O5S. The quantitative estimate of drug-likeness (QED) is 0.753. The number of ether oxygens (including phenoxy) is 2. The van der Waals surface area contributed by atoms with E-state index in [9.17, 15) is 13.2 Å². The van der Waals surface area contributed by atoms with Gasteiger partial charge < -0.3 is 9.47 Å². The van der Waals surface area contributed by atoms with E-state index >= 15 is 0 Å². The fourth-order valence-electron chi connectivity index (χ4n) is 2.29. The first-order chi connectivity index (χ1) is 11.8. The Morgan fingerprint density at radius 1 is 1.20 bits per heavy atom. The first kappa shape index (κ1) is 18.8. The van der Waals surface area contributed by atoms with Gasteiger partial charge in [-0.05, 0) is 45.0 Å². The Hall–Kier alpha value is -2.55. The van der Waals surface area contributed by atoms with E-state index in [0.29, 0.717) is 18.1 Å². The molecule has 0 aliphatic carbocycles. The first-order valence-electron chi connectivity index (χ1n) is 7.76. The molecule has 0 radical (unpaired) electrons. The SMILES string of the molecule is CCOC(=O)c1c(C)nn(C)c1NS(=O)(=O)c1ccc(OCC)cc1. The van der Waals surface area contributed by atoms with Gasteiger partial charge in [-0.3, -0.25) is 9.40 Å². The summed E-state index contributed by atoms with van der Waals surface area (Å²) < 4.78 is 39.2. The predicted molar refractivity (Wildman–Crippen MR) is 92.3 cm³/mol. The number of hydrogen-bond donors (Lipinski definition) is 1. The van der Waals surface area contributed by atoms with Gasteiger partial charge in [0.05, 0.1) is 23.8 Å². The summed E-state index contributed by atoms with van der Waals surface area (Å²) in [5.74, 6) is 0.00682. The van der Waals surface area contributed by atoms with Crippen LogP contribution >= 0.6 is 0 Å². The topological polar surface area (TPSA) is 99.5 Å². The summed E-state index contributed by atoms with van der Waals surface area (Å²) in [6.45, 7) is 5.79. The third kappa shape index (κ3) is 4.11. The van der Waals surface area contributed by atoms with Gasteiger partial charge in [-0.1, -0.05) is 0 Å². The lowest BCUT2D eigenvalue weighted by atomic mass is 10.2. The lowest BCUT2D eigenvalue weighted by Crippen LogP contribution is -2.18. The van der Waals surface area contributed by atoms with E-state index in [-0.39, 0.29) is 22.9 Å². The fourth-order valence-corrected chi connectivity index (χ4v) is 3.39. The van der Waals surface area contributed by atoms with Crippen LogP contribution in [-0.2, 0) is 21.8 Å². The van der Waals surface area contributed by atoms with Gasteiger partial charge in [-0.15, -0.1) is 0 Å². The molecule has 0 aliphatic rings. The molecule has 1 aromatic carbocycles. The van der Waals surface area contributed by atoms with Crippen molar-refractivity contribution in [3.63, 3.8) is 0 Å². The monoisotopic (exact) mass is 367 g/mol. The number of sulfonamides is 1. The number of carbonyl (C=O) groups excluding carboxylic acids is 1. The highest BCUT2D eigenvalue weighted by molar-refractivity contribution is 7.92. The van der Waals surface area contributed by atoms with E-state index in [2.05, 4.69) is 9.82 Å². The normalized spacial score (nSPS) is 11.2. The van der Waals surface area contributed by atoms with Crippen LogP contribution in [0.15, 0.2) is 29.2 Å². The molecule has 136 valence electrons. The highest BCUT2D eigenvalue weighted by Crippen LogP contribution is 2.24. The maximum Gasteiger partial charge on any atom is 0.343 e. The zero-order valence-electron chi connectivity index (χ0n) is 14.6. The number of rotatable bonds is 7. The average Bonchev–Trinajstić information content (AvgIpc) is 2.82. The molecule has 0 amide bonds. The number of nitrogens with zero attached hydrogens (tertiary/aromatic N) is 2. The van der Waals surface area contributed by atoms with E-state index < -0.39 is 16.0 Å². The summed E-state index contributed by atoms with van der Waals surface area (Å²) in [6.07, 6.45) is 0. The molecule has 0 fully saturated rings. The van der Waals surface area contributed by atoms with E-state index in [1.807, 2.05) is 6.92 Å². The summed E-state index contributed by atoms with van der Waals surface area (Å²) in [5, 5.41) is 4.10. The molecule has 0 unspecified atom stereocenters. The zero-order valence-corrected chi connectivity index (χ0v) is 15.4. The summed E-state index contributed by atoms with van der Waals surface area (Å²) in [7, 11) is -2.35. The standard InChI is InChI=1S/C16H21N3O5S/c1-5-23-12-7-9-13(10-8-12)25(21,22)18-15-14(16(20)24-6-2)11(3)17-19(15)4/h7-10,18H,5-6H2,1-4H3. The molecule has 0 aliphatic heterocycles. The van der Waals surface area contributed by atoms with Crippen LogP contribution in [0.2, 0.25) is 0 Å². The Morgan fingerprint density at radius 2 is 1.84 bits per heavy atom. The second-order valence-corrected chi connectivity index (χ2v) is 6.85. The maximum atomic E-state index is 12.6. The van der Waals surface area contributed by atoms with E-state index in [4.69, 9.17) is 9.47 Å². The molecule has 0 spiro atoms. The Labute approximate surface area is 146 Å². The average molecular weight is 367 g/mol. The molecule has 0 atom stereocenters. The third-order valence-corrected chi connectivity index (χ3v) is 4.73. The Balaban J connectivity index is 2.36. The van der Waals surface area contributed by atoms with E-state index in [1.165, 1.54) is 16.8 Å². The van der Waals surface area contributed by atoms with Crippen molar-refractivity contribution in [2.45, 2.75) is 25.7 Å². The smallest absolute Gasteiger partial charge is 0.343 e. The van der Waals surface area contributed by atoms with Crippen LogP contribution in [0.5, 0.6) is 5.75 Å². The van der Waals surface area contributed by atoms with Crippen molar-refractivity contribution in [2.75, 3.05) is 17.9 Å². The Kier molecular flexibility index (Phi) is 5.68. The summed E-state index contributed by atoms with van der Waals surface area (Å²) >= 11 is 0. The maximum absolute atomic E-state index is 12.6. The lowest BCUT2D eigenvalue weighted by molar-refractivity contribution is 0.0526. The highest BCUT2D eigenvalue weighted by atomic mass is 32.2. The molecule has 9 heteroatoms. The van der Waals surface area contributed by atoms with Crippen LogP contribution in [0.25, 0.3) is 0 Å². The van der Waals surface area contributed by atoms with Crippen LogP contribution in [0, 0.1) is 6.92 Å². The van der Waals surface area contributed by atoms with Crippen molar-refractivity contribution >= 4 is 21.8 Å². The number of anilines is 1. The second kappa shape index (κ2) is 7.56. The summed E-state index contributed by atoms with van der Waals surface area (Å²) in [6, 6.07) is 6.00. The molecular weight excluding hydrogens is 346 g/mol. The van der Waals surface area contributed by atoms with Gasteiger partial charge in [0.1, 0.15) is 11.3 Å². The van der Waals surface area contributed by atoms with Crippen molar-refractivity contribution in [3.8, 4) is 5.75 Å². The fraction of sp³-hybridized carbons (Fsp3) is 0.375. The van der Waals surface area contributed by atoms with Gasteiger partial charge in [-0.25, -0.2) is 13.2 Å². The molecule has 1 aromatic heterocycles. The molecule has 2 aromatic rings. The van der Waals surface area contributed by atoms with Crippen molar-refractivity contribution in [1.82, 2.24) is 9.78 Å². The van der Waals surface area contributed by atoms with Gasteiger partial charge >= 0.3 is 5.97 Å². The van der Waals surface area contributed by atoms with E-state index in [0.717, 1.165) is 0 Å². The van der Waals surface area contributed by atoms with Gasteiger partial charge in [0.15, 0.2) is 5.82 Å². The van der Waals surface area contributed by atoms with Gasteiger partial charge in [0.25, 0.3) is 10.0 Å². The first-order valence-corrected chi connectivity index (χ1v) is 9.24. The van der Waals surface area contributed by atoms with Crippen molar-refractivity contribution in [2.24, 2.45) is 7.05 Å². The molecule has 0 saturated carbocycles. The number of aromatic nitrogens is 2. The van der Waals surface area contributed by atoms with E-state index in [1.54, 1.807) is 33.0 Å². The molecule has 2 rings (SSSR count). The van der Waals surface area contributed by atoms with Crippen molar-refractivity contribution < 1.29 is 22.7 Å². The van der Waals surface area contributed by atoms with Crippen molar-refractivity contribution in [3.05, 3.63) is 35.5 Å². The molecule has 0 bridgehead atoms. The largest absolute Gasteiger partial charge is 0.494 e. The molecule has 8 nitrogen and oxygen atoms in total. The predicted octanol–water partition coefficient (Wildman–Crippen LogP) is 2.10. The van der Waals surface area contributed by atoms with Crippen LogP contribution < -0.4 is 9.46 Å². The van der Waals surface area contributed by atoms with Crippen LogP contribution in [0.3, 0.4) is 0 Å². The van der Waals surface area contributed by atoms with Crippen LogP contribution in [0.4, 0.5) is 5.82 Å². The highest BCUT2D eigenvalue weighted by Gasteiger charge is 2.25. The van der Waals surface area contributed by atoms with Crippen LogP contribution in [0.1, 0.15) is 29.9 Å². The van der Waals surface area contributed by atoms with Crippen LogP contribution in [-0.4, -0.2) is 37.4 Å².